The van der Waals surface area contributed by atoms with Crippen LogP contribution in [0.1, 0.15) is 18.5 Å². The predicted molar refractivity (Wildman–Crippen MR) is 72.5 cm³/mol. The van der Waals surface area contributed by atoms with Gasteiger partial charge in [-0.3, -0.25) is 0 Å². The van der Waals surface area contributed by atoms with Crippen molar-refractivity contribution in [2.75, 3.05) is 5.32 Å². The molecule has 0 aliphatic carbocycles. The summed E-state index contributed by atoms with van der Waals surface area (Å²) < 4.78 is 26.6. The van der Waals surface area contributed by atoms with Gasteiger partial charge in [-0.25, -0.2) is 8.78 Å². The highest BCUT2D eigenvalue weighted by Crippen LogP contribution is 2.23. The summed E-state index contributed by atoms with van der Waals surface area (Å²) in [6, 6.07) is 11.1. The van der Waals surface area contributed by atoms with Gasteiger partial charge in [0.25, 0.3) is 0 Å². The van der Waals surface area contributed by atoms with Gasteiger partial charge in [0.05, 0.1) is 4.47 Å². The van der Waals surface area contributed by atoms with Crippen LogP contribution in [0.5, 0.6) is 0 Å². The van der Waals surface area contributed by atoms with E-state index in [-0.39, 0.29) is 17.7 Å². The highest BCUT2D eigenvalue weighted by atomic mass is 79.9. The minimum absolute atomic E-state index is 0.0221. The van der Waals surface area contributed by atoms with Gasteiger partial charge in [-0.15, -0.1) is 0 Å². The zero-order valence-corrected chi connectivity index (χ0v) is 11.3. The van der Waals surface area contributed by atoms with Crippen LogP contribution in [0, 0.1) is 11.6 Å². The molecule has 0 aliphatic rings. The van der Waals surface area contributed by atoms with Gasteiger partial charge in [0.15, 0.2) is 0 Å². The van der Waals surface area contributed by atoms with Gasteiger partial charge in [-0.2, -0.15) is 0 Å². The first-order chi connectivity index (χ1) is 8.56. The van der Waals surface area contributed by atoms with Crippen molar-refractivity contribution in [2.24, 2.45) is 0 Å². The highest BCUT2D eigenvalue weighted by molar-refractivity contribution is 9.10. The fraction of sp³-hybridized carbons (Fsp3) is 0.143. The van der Waals surface area contributed by atoms with Crippen LogP contribution in [-0.2, 0) is 0 Å². The molecule has 0 bridgehead atoms. The maximum Gasteiger partial charge on any atom is 0.139 e. The Balaban J connectivity index is 2.13. The van der Waals surface area contributed by atoms with Crippen molar-refractivity contribution >= 4 is 21.6 Å². The zero-order valence-electron chi connectivity index (χ0n) is 9.75. The predicted octanol–water partition coefficient (Wildman–Crippen LogP) is 4.90. The number of nitrogens with one attached hydrogen (secondary N) is 1. The first kappa shape index (κ1) is 13.0. The summed E-state index contributed by atoms with van der Waals surface area (Å²) in [7, 11) is 0. The van der Waals surface area contributed by atoms with E-state index in [2.05, 4.69) is 21.2 Å². The Labute approximate surface area is 113 Å². The van der Waals surface area contributed by atoms with Crippen LogP contribution in [0.3, 0.4) is 0 Å². The molecule has 1 unspecified atom stereocenters. The molecule has 94 valence electrons. The maximum absolute atomic E-state index is 13.3. The van der Waals surface area contributed by atoms with E-state index in [0.717, 1.165) is 5.56 Å². The van der Waals surface area contributed by atoms with Gasteiger partial charge in [-0.1, -0.05) is 12.1 Å². The Bertz CT molecular complexity index is 540. The summed E-state index contributed by atoms with van der Waals surface area (Å²) in [6.07, 6.45) is 0. The van der Waals surface area contributed by atoms with E-state index in [1.54, 1.807) is 24.3 Å². The van der Waals surface area contributed by atoms with Crippen LogP contribution in [0.4, 0.5) is 14.5 Å². The van der Waals surface area contributed by atoms with Crippen molar-refractivity contribution in [3.63, 3.8) is 0 Å². The van der Waals surface area contributed by atoms with Crippen molar-refractivity contribution in [3.8, 4) is 0 Å². The second kappa shape index (κ2) is 5.48. The molecule has 2 aromatic rings. The molecule has 0 amide bonds. The van der Waals surface area contributed by atoms with E-state index in [1.165, 1.54) is 18.2 Å². The largest absolute Gasteiger partial charge is 0.378 e. The van der Waals surface area contributed by atoms with Gasteiger partial charge < -0.3 is 5.32 Å². The second-order valence-electron chi connectivity index (χ2n) is 4.05. The van der Waals surface area contributed by atoms with Gasteiger partial charge in [-0.05, 0) is 58.7 Å². The molecule has 18 heavy (non-hydrogen) atoms. The molecule has 0 saturated heterocycles. The van der Waals surface area contributed by atoms with Crippen LogP contribution < -0.4 is 5.32 Å². The Kier molecular flexibility index (Phi) is 3.97. The maximum atomic E-state index is 13.3. The molecule has 0 fully saturated rings. The molecule has 0 aliphatic heterocycles. The van der Waals surface area contributed by atoms with Crippen molar-refractivity contribution in [1.82, 2.24) is 0 Å². The van der Waals surface area contributed by atoms with Crippen LogP contribution in [0.2, 0.25) is 0 Å². The molecule has 1 nitrogen and oxygen atoms in total. The summed E-state index contributed by atoms with van der Waals surface area (Å²) in [6.45, 7) is 1.94. The highest BCUT2D eigenvalue weighted by Gasteiger charge is 2.07. The summed E-state index contributed by atoms with van der Waals surface area (Å²) >= 11 is 3.10. The summed E-state index contributed by atoms with van der Waals surface area (Å²) in [4.78, 5) is 0. The van der Waals surface area contributed by atoms with Gasteiger partial charge in [0, 0.05) is 11.7 Å². The monoisotopic (exact) mass is 311 g/mol. The van der Waals surface area contributed by atoms with Crippen molar-refractivity contribution in [1.29, 1.82) is 0 Å². The third kappa shape index (κ3) is 3.07. The first-order valence-electron chi connectivity index (χ1n) is 5.53. The lowest BCUT2D eigenvalue weighted by atomic mass is 10.1. The summed E-state index contributed by atoms with van der Waals surface area (Å²) in [5, 5.41) is 3.16. The van der Waals surface area contributed by atoms with Crippen LogP contribution in [0.25, 0.3) is 0 Å². The fourth-order valence-corrected chi connectivity index (χ4v) is 1.92. The normalized spacial score (nSPS) is 12.2. The molecule has 0 heterocycles. The van der Waals surface area contributed by atoms with Crippen LogP contribution in [-0.4, -0.2) is 0 Å². The van der Waals surface area contributed by atoms with Crippen LogP contribution >= 0.6 is 15.9 Å². The average molecular weight is 312 g/mol. The third-order valence-corrected chi connectivity index (χ3v) is 3.32. The van der Waals surface area contributed by atoms with Crippen LogP contribution in [0.15, 0.2) is 46.9 Å². The number of hydrogen-bond acceptors (Lipinski definition) is 1. The standard InChI is InChI=1S/C14H12BrF2N/c1-9(10-2-4-11(16)5-3-10)18-12-6-7-13(15)14(17)8-12/h2-9,18H,1H3. The van der Waals surface area contributed by atoms with E-state index in [0.29, 0.717) is 10.2 Å². The quantitative estimate of drug-likeness (QED) is 0.850. The molecule has 0 spiro atoms. The fourth-order valence-electron chi connectivity index (χ4n) is 1.67. The Morgan fingerprint density at radius 3 is 2.33 bits per heavy atom. The summed E-state index contributed by atoms with van der Waals surface area (Å²) in [5.41, 5.74) is 1.63. The van der Waals surface area contributed by atoms with E-state index in [9.17, 15) is 8.78 Å². The van der Waals surface area contributed by atoms with Crippen molar-refractivity contribution in [3.05, 3.63) is 64.1 Å². The second-order valence-corrected chi connectivity index (χ2v) is 4.90. The third-order valence-electron chi connectivity index (χ3n) is 2.67. The molecular formula is C14H12BrF2N. The molecule has 4 heteroatoms. The van der Waals surface area contributed by atoms with E-state index >= 15 is 0 Å². The lowest BCUT2D eigenvalue weighted by Crippen LogP contribution is -2.06. The Hall–Kier alpha value is -1.42. The molecule has 0 aromatic heterocycles. The molecular weight excluding hydrogens is 300 g/mol. The molecule has 1 atom stereocenters. The Morgan fingerprint density at radius 1 is 1.06 bits per heavy atom. The lowest BCUT2D eigenvalue weighted by Gasteiger charge is -2.16. The lowest BCUT2D eigenvalue weighted by molar-refractivity contribution is 0.621. The van der Waals surface area contributed by atoms with Gasteiger partial charge in [0.2, 0.25) is 0 Å². The zero-order chi connectivity index (χ0) is 13.1. The number of benzene rings is 2. The minimum atomic E-state index is -0.314. The molecule has 1 N–H and O–H groups in total. The number of rotatable bonds is 3. The van der Waals surface area contributed by atoms with Gasteiger partial charge >= 0.3 is 0 Å². The number of hydrogen-bond donors (Lipinski definition) is 1. The molecule has 2 aromatic carbocycles. The van der Waals surface area contributed by atoms with Gasteiger partial charge in [0.1, 0.15) is 11.6 Å². The van der Waals surface area contributed by atoms with E-state index < -0.39 is 0 Å². The SMILES string of the molecule is CC(Nc1ccc(Br)c(F)c1)c1ccc(F)cc1. The Morgan fingerprint density at radius 2 is 1.72 bits per heavy atom. The van der Waals surface area contributed by atoms with E-state index in [1.807, 2.05) is 6.92 Å². The van der Waals surface area contributed by atoms with Crippen molar-refractivity contribution in [2.45, 2.75) is 13.0 Å². The summed E-state index contributed by atoms with van der Waals surface area (Å²) in [5.74, 6) is -0.577. The molecule has 0 radical (unpaired) electrons. The molecule has 0 saturated carbocycles. The average Bonchev–Trinajstić information content (AvgIpc) is 2.34. The first-order valence-corrected chi connectivity index (χ1v) is 6.32. The van der Waals surface area contributed by atoms with E-state index in [4.69, 9.17) is 0 Å². The number of halogens is 3. The molecule has 2 rings (SSSR count). The topological polar surface area (TPSA) is 12.0 Å². The minimum Gasteiger partial charge on any atom is -0.378 e. The smallest absolute Gasteiger partial charge is 0.139 e. The number of anilines is 1. The van der Waals surface area contributed by atoms with Crippen molar-refractivity contribution < 1.29 is 8.78 Å².